The maximum atomic E-state index is 12.4. The number of amides is 1. The fourth-order valence-corrected chi connectivity index (χ4v) is 5.17. The van der Waals surface area contributed by atoms with Gasteiger partial charge in [0.15, 0.2) is 0 Å². The number of hydrogen-bond acceptors (Lipinski definition) is 2. The Morgan fingerprint density at radius 1 is 1.11 bits per heavy atom. The maximum Gasteiger partial charge on any atom is 0.408 e. The first-order valence-corrected chi connectivity index (χ1v) is 9.65. The van der Waals surface area contributed by atoms with Gasteiger partial charge < -0.3 is 10.4 Å². The number of nitrogens with zero attached hydrogens (tertiary/aromatic N) is 1. The molecule has 1 unspecified atom stereocenters. The lowest BCUT2D eigenvalue weighted by molar-refractivity contribution is 0.0754. The predicted molar refractivity (Wildman–Crippen MR) is 108 cm³/mol. The van der Waals surface area contributed by atoms with Gasteiger partial charge in [0, 0.05) is 17.1 Å². The van der Waals surface area contributed by atoms with Crippen LogP contribution in [0.5, 0.6) is 0 Å². The highest BCUT2D eigenvalue weighted by Gasteiger charge is 2.60. The Balaban J connectivity index is 1.93. The molecule has 1 saturated heterocycles. The number of likely N-dealkylation sites (tertiary alicyclic amines) is 1. The van der Waals surface area contributed by atoms with Crippen molar-refractivity contribution in [3.63, 3.8) is 0 Å². The van der Waals surface area contributed by atoms with Gasteiger partial charge in [0.1, 0.15) is 0 Å². The van der Waals surface area contributed by atoms with E-state index in [1.165, 1.54) is 5.56 Å². The lowest BCUT2D eigenvalue weighted by Gasteiger charge is -2.46. The SMILES string of the molecule is CC(C)(C)C1C[C@@]2(C)[C@H](c3ccccc3N[C@H]2c2ccccc2)N1C(=O)O. The molecule has 142 valence electrons. The normalized spacial score (nSPS) is 29.6. The minimum Gasteiger partial charge on any atom is -0.465 e. The van der Waals surface area contributed by atoms with Crippen molar-refractivity contribution in [2.24, 2.45) is 10.8 Å². The second-order valence-corrected chi connectivity index (χ2v) is 9.26. The number of carbonyl (C=O) groups is 1. The molecule has 4 heteroatoms. The second kappa shape index (κ2) is 6.01. The van der Waals surface area contributed by atoms with Crippen molar-refractivity contribution < 1.29 is 9.90 Å². The largest absolute Gasteiger partial charge is 0.465 e. The predicted octanol–water partition coefficient (Wildman–Crippen LogP) is 5.70. The molecule has 0 saturated carbocycles. The van der Waals surface area contributed by atoms with Crippen LogP contribution in [0.3, 0.4) is 0 Å². The molecule has 0 bridgehead atoms. The third kappa shape index (κ3) is 2.70. The molecule has 2 aliphatic heterocycles. The highest BCUT2D eigenvalue weighted by atomic mass is 16.4. The van der Waals surface area contributed by atoms with E-state index in [1.807, 2.05) is 18.2 Å². The molecule has 2 aromatic rings. The molecule has 4 nitrogen and oxygen atoms in total. The van der Waals surface area contributed by atoms with Gasteiger partial charge in [-0.2, -0.15) is 0 Å². The van der Waals surface area contributed by atoms with E-state index in [0.29, 0.717) is 0 Å². The Hall–Kier alpha value is -2.49. The van der Waals surface area contributed by atoms with E-state index >= 15 is 0 Å². The van der Waals surface area contributed by atoms with Gasteiger partial charge in [0.2, 0.25) is 0 Å². The van der Waals surface area contributed by atoms with Crippen LogP contribution in [0.2, 0.25) is 0 Å². The summed E-state index contributed by atoms with van der Waals surface area (Å²) in [5.41, 5.74) is 2.97. The highest BCUT2D eigenvalue weighted by Crippen LogP contribution is 2.63. The topological polar surface area (TPSA) is 52.6 Å². The monoisotopic (exact) mass is 364 g/mol. The van der Waals surface area contributed by atoms with Crippen molar-refractivity contribution in [3.8, 4) is 0 Å². The van der Waals surface area contributed by atoms with E-state index in [1.54, 1.807) is 4.90 Å². The summed E-state index contributed by atoms with van der Waals surface area (Å²) in [5, 5.41) is 13.9. The minimum absolute atomic E-state index is 0.0378. The Labute approximate surface area is 161 Å². The number of rotatable bonds is 1. The zero-order valence-corrected chi connectivity index (χ0v) is 16.4. The molecule has 0 spiro atoms. The van der Waals surface area contributed by atoms with Gasteiger partial charge in [-0.3, -0.25) is 4.90 Å². The molecule has 0 radical (unpaired) electrons. The van der Waals surface area contributed by atoms with Crippen LogP contribution in [0.25, 0.3) is 0 Å². The first-order valence-electron chi connectivity index (χ1n) is 9.65. The van der Waals surface area contributed by atoms with Gasteiger partial charge in [-0.25, -0.2) is 4.79 Å². The summed E-state index contributed by atoms with van der Waals surface area (Å²) in [5.74, 6) is 0. The molecule has 0 aliphatic carbocycles. The fourth-order valence-electron chi connectivity index (χ4n) is 5.17. The van der Waals surface area contributed by atoms with Crippen molar-refractivity contribution in [2.75, 3.05) is 5.32 Å². The average Bonchev–Trinajstić information content (AvgIpc) is 2.97. The van der Waals surface area contributed by atoms with Crippen LogP contribution in [-0.2, 0) is 0 Å². The van der Waals surface area contributed by atoms with E-state index in [0.717, 1.165) is 17.7 Å². The first-order chi connectivity index (χ1) is 12.7. The third-order valence-corrected chi connectivity index (χ3v) is 6.44. The van der Waals surface area contributed by atoms with E-state index in [9.17, 15) is 9.90 Å². The first kappa shape index (κ1) is 17.9. The lowest BCUT2D eigenvalue weighted by Crippen LogP contribution is -2.46. The van der Waals surface area contributed by atoms with Crippen LogP contribution >= 0.6 is 0 Å². The molecule has 1 fully saturated rings. The number of benzene rings is 2. The molecule has 1 amide bonds. The van der Waals surface area contributed by atoms with Crippen molar-refractivity contribution in [1.29, 1.82) is 0 Å². The fraction of sp³-hybridized carbons (Fsp3) is 0.435. The number of para-hydroxylation sites is 1. The van der Waals surface area contributed by atoms with Gasteiger partial charge in [-0.1, -0.05) is 76.2 Å². The lowest BCUT2D eigenvalue weighted by atomic mass is 9.66. The van der Waals surface area contributed by atoms with E-state index in [4.69, 9.17) is 0 Å². The Morgan fingerprint density at radius 3 is 2.37 bits per heavy atom. The van der Waals surface area contributed by atoms with Gasteiger partial charge >= 0.3 is 6.09 Å². The van der Waals surface area contributed by atoms with Gasteiger partial charge in [-0.15, -0.1) is 0 Å². The quantitative estimate of drug-likeness (QED) is 0.682. The molecule has 2 aromatic carbocycles. The highest BCUT2D eigenvalue weighted by molar-refractivity contribution is 5.70. The molecule has 4 atom stereocenters. The molecule has 4 rings (SSSR count). The maximum absolute atomic E-state index is 12.4. The summed E-state index contributed by atoms with van der Waals surface area (Å²) in [4.78, 5) is 14.1. The van der Waals surface area contributed by atoms with Crippen LogP contribution in [0.4, 0.5) is 10.5 Å². The number of fused-ring (bicyclic) bond motifs is 3. The second-order valence-electron chi connectivity index (χ2n) is 9.26. The van der Waals surface area contributed by atoms with E-state index in [2.05, 4.69) is 69.4 Å². The zero-order valence-electron chi connectivity index (χ0n) is 16.4. The number of hydrogen-bond donors (Lipinski definition) is 2. The summed E-state index contributed by atoms with van der Waals surface area (Å²) in [6.45, 7) is 8.68. The minimum atomic E-state index is -0.827. The molecule has 2 N–H and O–H groups in total. The number of anilines is 1. The van der Waals surface area contributed by atoms with Crippen LogP contribution < -0.4 is 5.32 Å². The van der Waals surface area contributed by atoms with Gasteiger partial charge in [-0.05, 0) is 29.0 Å². The Morgan fingerprint density at radius 2 is 1.74 bits per heavy atom. The Kier molecular flexibility index (Phi) is 3.99. The third-order valence-electron chi connectivity index (χ3n) is 6.44. The van der Waals surface area contributed by atoms with Crippen molar-refractivity contribution >= 4 is 11.8 Å². The molecule has 0 aromatic heterocycles. The average molecular weight is 364 g/mol. The summed E-state index contributed by atoms with van der Waals surface area (Å²) >= 11 is 0. The van der Waals surface area contributed by atoms with E-state index in [-0.39, 0.29) is 29.0 Å². The van der Waals surface area contributed by atoms with Crippen molar-refractivity contribution in [3.05, 3.63) is 65.7 Å². The Bertz CT molecular complexity index is 858. The van der Waals surface area contributed by atoms with Crippen LogP contribution in [0.1, 0.15) is 57.3 Å². The van der Waals surface area contributed by atoms with Gasteiger partial charge in [0.05, 0.1) is 12.1 Å². The van der Waals surface area contributed by atoms with Crippen molar-refractivity contribution in [2.45, 2.75) is 52.2 Å². The number of carboxylic acid groups (broad SMARTS) is 1. The molecule has 2 aliphatic rings. The smallest absolute Gasteiger partial charge is 0.408 e. The van der Waals surface area contributed by atoms with E-state index < -0.39 is 6.09 Å². The summed E-state index contributed by atoms with van der Waals surface area (Å²) < 4.78 is 0. The molecule has 27 heavy (non-hydrogen) atoms. The van der Waals surface area contributed by atoms with Gasteiger partial charge in [0.25, 0.3) is 0 Å². The molecular formula is C23H28N2O2. The zero-order chi connectivity index (χ0) is 19.4. The molecular weight excluding hydrogens is 336 g/mol. The summed E-state index contributed by atoms with van der Waals surface area (Å²) in [7, 11) is 0. The molecule has 2 heterocycles. The summed E-state index contributed by atoms with van der Waals surface area (Å²) in [6, 6.07) is 18.4. The van der Waals surface area contributed by atoms with Crippen LogP contribution in [0.15, 0.2) is 54.6 Å². The summed E-state index contributed by atoms with van der Waals surface area (Å²) in [6.07, 6.45) is 0.00104. The van der Waals surface area contributed by atoms with Crippen LogP contribution in [-0.4, -0.2) is 22.1 Å². The number of nitrogens with one attached hydrogen (secondary N) is 1. The van der Waals surface area contributed by atoms with Crippen molar-refractivity contribution in [1.82, 2.24) is 4.90 Å². The van der Waals surface area contributed by atoms with Crippen LogP contribution in [0, 0.1) is 10.8 Å². The standard InChI is InChI=1S/C23H28N2O2/c1-22(2,3)18-14-23(4)19(15-10-6-5-7-11-15)24-17-13-9-8-12-16(17)20(23)25(18)21(26)27/h5-13,18-20,24H,14H2,1-4H3,(H,26,27)/t18?,19-,20-,23+/m0/s1.